The van der Waals surface area contributed by atoms with Crippen molar-refractivity contribution in [3.05, 3.63) is 12.7 Å². The molecule has 0 fully saturated rings. The maximum atomic E-state index is 9.53. The number of hydrogen-bond donors (Lipinski definition) is 1. The normalized spacial score (nSPS) is 9.38. The predicted octanol–water partition coefficient (Wildman–Crippen LogP) is 0.583. The Kier molecular flexibility index (Phi) is 8.95. The highest BCUT2D eigenvalue weighted by Crippen LogP contribution is 2.06. The SMILES string of the molecule is C=CCO[P+](=O)[O-].[NH4+]. The molecule has 0 aromatic carbocycles. The lowest BCUT2D eigenvalue weighted by molar-refractivity contribution is -0.184. The summed E-state index contributed by atoms with van der Waals surface area (Å²) in [5, 5.41) is 0. The van der Waals surface area contributed by atoms with E-state index >= 15 is 0 Å². The van der Waals surface area contributed by atoms with Crippen molar-refractivity contribution in [1.82, 2.24) is 6.15 Å². The molecule has 0 aliphatic carbocycles. The Morgan fingerprint density at radius 3 is 2.50 bits per heavy atom. The third kappa shape index (κ3) is 9.21. The van der Waals surface area contributed by atoms with Crippen molar-refractivity contribution in [3.63, 3.8) is 0 Å². The third-order valence-corrected chi connectivity index (χ3v) is 0.658. The maximum absolute atomic E-state index is 9.53. The van der Waals surface area contributed by atoms with Gasteiger partial charge >= 0.3 is 8.25 Å². The average molecular weight is 138 g/mol. The van der Waals surface area contributed by atoms with E-state index in [0.29, 0.717) is 0 Å². The lowest BCUT2D eigenvalue weighted by Gasteiger charge is -1.80. The molecule has 0 saturated carbocycles. The first kappa shape index (κ1) is 10.7. The minimum atomic E-state index is -2.68. The maximum Gasteiger partial charge on any atom is 0.488 e. The molecule has 48 valence electrons. The highest BCUT2D eigenvalue weighted by atomic mass is 31.1. The van der Waals surface area contributed by atoms with Crippen LogP contribution in [0.2, 0.25) is 0 Å². The van der Waals surface area contributed by atoms with Crippen LogP contribution in [0.1, 0.15) is 0 Å². The van der Waals surface area contributed by atoms with Gasteiger partial charge in [-0.3, -0.25) is 0 Å². The van der Waals surface area contributed by atoms with E-state index in [2.05, 4.69) is 11.1 Å². The molecule has 0 saturated heterocycles. The monoisotopic (exact) mass is 138 g/mol. The van der Waals surface area contributed by atoms with Crippen molar-refractivity contribution in [2.75, 3.05) is 6.61 Å². The number of quaternary nitrogens is 1. The van der Waals surface area contributed by atoms with E-state index in [1.807, 2.05) is 0 Å². The molecule has 0 amide bonds. The minimum Gasteiger partial charge on any atom is -0.566 e. The van der Waals surface area contributed by atoms with Gasteiger partial charge < -0.3 is 11.0 Å². The van der Waals surface area contributed by atoms with Crippen LogP contribution in [0.15, 0.2) is 12.7 Å². The fourth-order valence-corrected chi connectivity index (χ4v) is 0.341. The summed E-state index contributed by atoms with van der Waals surface area (Å²) < 4.78 is 13.6. The van der Waals surface area contributed by atoms with Gasteiger partial charge in [0.2, 0.25) is 0 Å². The topological polar surface area (TPSA) is 85.9 Å². The van der Waals surface area contributed by atoms with Crippen molar-refractivity contribution < 1.29 is 14.0 Å². The first-order valence-electron chi connectivity index (χ1n) is 1.65. The lowest BCUT2D eigenvalue weighted by Crippen LogP contribution is -1.89. The summed E-state index contributed by atoms with van der Waals surface area (Å²) in [6.45, 7) is 3.31. The molecule has 0 aliphatic rings. The van der Waals surface area contributed by atoms with Crippen LogP contribution >= 0.6 is 8.25 Å². The summed E-state index contributed by atoms with van der Waals surface area (Å²) in [7, 11) is -2.68. The van der Waals surface area contributed by atoms with E-state index in [0.717, 1.165) is 0 Å². The van der Waals surface area contributed by atoms with Gasteiger partial charge in [-0.15, -0.1) is 11.1 Å². The van der Waals surface area contributed by atoms with Crippen LogP contribution in [-0.2, 0) is 9.09 Å². The fraction of sp³-hybridized carbons (Fsp3) is 0.333. The Morgan fingerprint density at radius 2 is 2.38 bits per heavy atom. The zero-order valence-electron chi connectivity index (χ0n) is 4.66. The Balaban J connectivity index is 0. The van der Waals surface area contributed by atoms with Crippen LogP contribution in [0, 0.1) is 0 Å². The molecule has 4 nitrogen and oxygen atoms in total. The van der Waals surface area contributed by atoms with Crippen molar-refractivity contribution in [1.29, 1.82) is 0 Å². The van der Waals surface area contributed by atoms with Gasteiger partial charge in [-0.05, 0) is 4.57 Å². The van der Waals surface area contributed by atoms with Crippen LogP contribution in [0.5, 0.6) is 0 Å². The summed E-state index contributed by atoms with van der Waals surface area (Å²) in [4.78, 5) is 9.53. The standard InChI is InChI=1S/C3H5O3P.H3N/c1-2-3-6-7(4)5;/h2H,1,3H2;1H3/p+1. The fourth-order valence-electron chi connectivity index (χ4n) is 0.114. The first-order valence-corrected chi connectivity index (χ1v) is 2.75. The van der Waals surface area contributed by atoms with Crippen LogP contribution < -0.4 is 11.0 Å². The predicted molar refractivity (Wildman–Crippen MR) is 29.7 cm³/mol. The van der Waals surface area contributed by atoms with Crippen LogP contribution in [-0.4, -0.2) is 6.61 Å². The highest BCUT2D eigenvalue weighted by molar-refractivity contribution is 7.30. The summed E-state index contributed by atoms with van der Waals surface area (Å²) >= 11 is 0. The molecule has 1 unspecified atom stereocenters. The van der Waals surface area contributed by atoms with Gasteiger partial charge in [-0.25, -0.2) is 0 Å². The Bertz CT molecular complexity index is 84.6. The number of hydrogen-bond acceptors (Lipinski definition) is 3. The van der Waals surface area contributed by atoms with Gasteiger partial charge in [0.25, 0.3) is 0 Å². The molecule has 0 spiro atoms. The van der Waals surface area contributed by atoms with Crippen molar-refractivity contribution in [2.45, 2.75) is 0 Å². The lowest BCUT2D eigenvalue weighted by atomic mass is 10.7. The highest BCUT2D eigenvalue weighted by Gasteiger charge is 1.93. The molecule has 0 radical (unpaired) electrons. The second kappa shape index (κ2) is 6.72. The van der Waals surface area contributed by atoms with Crippen molar-refractivity contribution in [2.24, 2.45) is 0 Å². The molecule has 5 heteroatoms. The molecular weight excluding hydrogens is 129 g/mol. The molecule has 0 bridgehead atoms. The summed E-state index contributed by atoms with van der Waals surface area (Å²) in [5.74, 6) is 0. The Hall–Kier alpha value is -0.280. The molecular formula is C3H9NO3P+. The first-order chi connectivity index (χ1) is 3.27. The smallest absolute Gasteiger partial charge is 0.488 e. The minimum absolute atomic E-state index is 0. The van der Waals surface area contributed by atoms with Crippen LogP contribution in [0.3, 0.4) is 0 Å². The second-order valence-electron chi connectivity index (χ2n) is 0.808. The summed E-state index contributed by atoms with van der Waals surface area (Å²) in [6.07, 6.45) is 1.37. The molecule has 0 aromatic rings. The molecule has 0 heterocycles. The van der Waals surface area contributed by atoms with Gasteiger partial charge in [0.15, 0.2) is 0 Å². The molecule has 0 aromatic heterocycles. The zero-order valence-corrected chi connectivity index (χ0v) is 5.56. The van der Waals surface area contributed by atoms with E-state index in [4.69, 9.17) is 0 Å². The van der Waals surface area contributed by atoms with Gasteiger partial charge in [0.1, 0.15) is 6.61 Å². The summed E-state index contributed by atoms with van der Waals surface area (Å²) in [5.41, 5.74) is 0. The average Bonchev–Trinajstić information content (AvgIpc) is 1.61. The quantitative estimate of drug-likeness (QED) is 0.457. The molecule has 8 heavy (non-hydrogen) atoms. The Morgan fingerprint density at radius 1 is 1.88 bits per heavy atom. The van der Waals surface area contributed by atoms with Crippen molar-refractivity contribution >= 4 is 8.25 Å². The van der Waals surface area contributed by atoms with Crippen LogP contribution in [0.25, 0.3) is 0 Å². The largest absolute Gasteiger partial charge is 0.566 e. The molecule has 0 rings (SSSR count). The second-order valence-corrected chi connectivity index (χ2v) is 1.51. The third-order valence-electron chi connectivity index (χ3n) is 0.298. The van der Waals surface area contributed by atoms with E-state index in [9.17, 15) is 9.46 Å². The van der Waals surface area contributed by atoms with Gasteiger partial charge in [-0.2, -0.15) is 0 Å². The molecule has 0 aliphatic heterocycles. The molecule has 1 atom stereocenters. The Labute approximate surface area is 48.7 Å². The zero-order chi connectivity index (χ0) is 5.70. The van der Waals surface area contributed by atoms with Crippen LogP contribution in [0.4, 0.5) is 0 Å². The molecule has 4 N–H and O–H groups in total. The van der Waals surface area contributed by atoms with E-state index in [1.54, 1.807) is 0 Å². The van der Waals surface area contributed by atoms with E-state index in [-0.39, 0.29) is 12.8 Å². The van der Waals surface area contributed by atoms with Gasteiger partial charge in [0, 0.05) is 0 Å². The van der Waals surface area contributed by atoms with E-state index in [1.165, 1.54) is 6.08 Å². The van der Waals surface area contributed by atoms with Crippen molar-refractivity contribution in [3.8, 4) is 0 Å². The number of rotatable bonds is 3. The van der Waals surface area contributed by atoms with Gasteiger partial charge in [0.05, 0.1) is 0 Å². The van der Waals surface area contributed by atoms with Gasteiger partial charge in [-0.1, -0.05) is 6.08 Å². The van der Waals surface area contributed by atoms with E-state index < -0.39 is 8.25 Å². The summed E-state index contributed by atoms with van der Waals surface area (Å²) in [6, 6.07) is 0.